The number of para-hydroxylation sites is 1. The van der Waals surface area contributed by atoms with Crippen molar-refractivity contribution in [2.75, 3.05) is 19.7 Å². The SMILES string of the molecule is O=C(NC1CCN(C(=O)CCCOc2ccccc2Cl)CC1)c1ccccc1S. The van der Waals surface area contributed by atoms with Gasteiger partial charge in [-0.3, -0.25) is 9.59 Å². The molecular formula is C22H25ClN2O3S. The summed E-state index contributed by atoms with van der Waals surface area (Å²) in [6.45, 7) is 1.75. The lowest BCUT2D eigenvalue weighted by atomic mass is 10.0. The molecule has 0 saturated carbocycles. The van der Waals surface area contributed by atoms with E-state index in [0.717, 1.165) is 12.8 Å². The zero-order valence-corrected chi connectivity index (χ0v) is 17.8. The lowest BCUT2D eigenvalue weighted by Gasteiger charge is -2.32. The fraction of sp³-hybridized carbons (Fsp3) is 0.364. The number of carbonyl (C=O) groups is 2. The summed E-state index contributed by atoms with van der Waals surface area (Å²) in [6.07, 6.45) is 2.58. The predicted molar refractivity (Wildman–Crippen MR) is 117 cm³/mol. The highest BCUT2D eigenvalue weighted by Gasteiger charge is 2.24. The Kier molecular flexibility index (Phi) is 7.83. The molecule has 29 heavy (non-hydrogen) atoms. The first-order valence-corrected chi connectivity index (χ1v) is 10.6. The zero-order valence-electron chi connectivity index (χ0n) is 16.1. The number of ether oxygens (including phenoxy) is 1. The summed E-state index contributed by atoms with van der Waals surface area (Å²) in [4.78, 5) is 27.3. The van der Waals surface area contributed by atoms with E-state index in [0.29, 0.717) is 53.8 Å². The molecule has 2 aromatic carbocycles. The highest BCUT2D eigenvalue weighted by Crippen LogP contribution is 2.23. The molecule has 1 heterocycles. The van der Waals surface area contributed by atoms with Gasteiger partial charge in [0.25, 0.3) is 5.91 Å². The Hall–Kier alpha value is -2.18. The van der Waals surface area contributed by atoms with E-state index in [1.165, 1.54) is 0 Å². The van der Waals surface area contributed by atoms with Crippen LogP contribution in [0.25, 0.3) is 0 Å². The van der Waals surface area contributed by atoms with Gasteiger partial charge in [-0.1, -0.05) is 35.9 Å². The molecule has 1 aliphatic rings. The quantitative estimate of drug-likeness (QED) is 0.509. The van der Waals surface area contributed by atoms with Crippen molar-refractivity contribution >= 4 is 36.0 Å². The molecule has 2 aromatic rings. The number of piperidine rings is 1. The summed E-state index contributed by atoms with van der Waals surface area (Å²) in [6, 6.07) is 14.6. The number of rotatable bonds is 7. The Labute approximate surface area is 181 Å². The van der Waals surface area contributed by atoms with Gasteiger partial charge in [0.2, 0.25) is 5.91 Å². The summed E-state index contributed by atoms with van der Waals surface area (Å²) < 4.78 is 5.63. The van der Waals surface area contributed by atoms with Crippen molar-refractivity contribution in [1.29, 1.82) is 0 Å². The first-order chi connectivity index (χ1) is 14.0. The van der Waals surface area contributed by atoms with Crippen LogP contribution in [0.15, 0.2) is 53.4 Å². The molecule has 3 rings (SSSR count). The number of hydrogen-bond donors (Lipinski definition) is 2. The average molecular weight is 433 g/mol. The van der Waals surface area contributed by atoms with Crippen LogP contribution in [0.3, 0.4) is 0 Å². The van der Waals surface area contributed by atoms with Gasteiger partial charge < -0.3 is 15.0 Å². The third-order valence-electron chi connectivity index (χ3n) is 4.96. The fourth-order valence-electron chi connectivity index (χ4n) is 3.33. The Morgan fingerprint density at radius 2 is 1.79 bits per heavy atom. The highest BCUT2D eigenvalue weighted by molar-refractivity contribution is 7.80. The van der Waals surface area contributed by atoms with E-state index in [1.807, 2.05) is 35.2 Å². The summed E-state index contributed by atoms with van der Waals surface area (Å²) in [5, 5.41) is 3.63. The van der Waals surface area contributed by atoms with E-state index in [4.69, 9.17) is 16.3 Å². The summed E-state index contributed by atoms with van der Waals surface area (Å²) >= 11 is 10.4. The van der Waals surface area contributed by atoms with Gasteiger partial charge in [-0.05, 0) is 43.5 Å². The monoisotopic (exact) mass is 432 g/mol. The lowest BCUT2D eigenvalue weighted by molar-refractivity contribution is -0.132. The minimum absolute atomic E-state index is 0.0723. The van der Waals surface area contributed by atoms with Crippen LogP contribution in [0.1, 0.15) is 36.0 Å². The third kappa shape index (κ3) is 6.15. The van der Waals surface area contributed by atoms with Crippen LogP contribution in [0.4, 0.5) is 0 Å². The molecule has 5 nitrogen and oxygen atoms in total. The van der Waals surface area contributed by atoms with E-state index < -0.39 is 0 Å². The van der Waals surface area contributed by atoms with Crippen LogP contribution in [0.5, 0.6) is 5.75 Å². The van der Waals surface area contributed by atoms with E-state index in [9.17, 15) is 9.59 Å². The lowest BCUT2D eigenvalue weighted by Crippen LogP contribution is -2.46. The van der Waals surface area contributed by atoms with Crippen molar-refractivity contribution in [2.24, 2.45) is 0 Å². The van der Waals surface area contributed by atoms with Crippen molar-refractivity contribution in [3.05, 3.63) is 59.1 Å². The molecule has 0 atom stereocenters. The van der Waals surface area contributed by atoms with Crippen molar-refractivity contribution in [1.82, 2.24) is 10.2 Å². The second-order valence-corrected chi connectivity index (χ2v) is 7.92. The molecule has 0 spiro atoms. The molecule has 1 fully saturated rings. The maximum absolute atomic E-state index is 12.4. The number of likely N-dealkylation sites (tertiary alicyclic amines) is 1. The van der Waals surface area contributed by atoms with Crippen molar-refractivity contribution in [3.8, 4) is 5.75 Å². The smallest absolute Gasteiger partial charge is 0.252 e. The number of carbonyl (C=O) groups excluding carboxylic acids is 2. The van der Waals surface area contributed by atoms with Crippen molar-refractivity contribution < 1.29 is 14.3 Å². The molecule has 0 bridgehead atoms. The Morgan fingerprint density at radius 1 is 1.10 bits per heavy atom. The molecule has 1 aliphatic heterocycles. The van der Waals surface area contributed by atoms with E-state index in [2.05, 4.69) is 17.9 Å². The van der Waals surface area contributed by atoms with Crippen molar-refractivity contribution in [3.63, 3.8) is 0 Å². The number of benzene rings is 2. The third-order valence-corrected chi connectivity index (χ3v) is 5.66. The van der Waals surface area contributed by atoms with Gasteiger partial charge in [-0.15, -0.1) is 12.6 Å². The van der Waals surface area contributed by atoms with E-state index >= 15 is 0 Å². The topological polar surface area (TPSA) is 58.6 Å². The van der Waals surface area contributed by atoms with Gasteiger partial charge in [-0.2, -0.15) is 0 Å². The largest absolute Gasteiger partial charge is 0.492 e. The summed E-state index contributed by atoms with van der Waals surface area (Å²) in [5.41, 5.74) is 0.577. The molecule has 154 valence electrons. The average Bonchev–Trinajstić information content (AvgIpc) is 2.73. The molecule has 0 aromatic heterocycles. The Balaban J connectivity index is 1.36. The zero-order chi connectivity index (χ0) is 20.6. The summed E-state index contributed by atoms with van der Waals surface area (Å²) in [5.74, 6) is 0.649. The Bertz CT molecular complexity index is 853. The van der Waals surface area contributed by atoms with Gasteiger partial charge in [0.05, 0.1) is 17.2 Å². The van der Waals surface area contributed by atoms with Crippen LogP contribution >= 0.6 is 24.2 Å². The highest BCUT2D eigenvalue weighted by atomic mass is 35.5. The molecule has 1 N–H and O–H groups in total. The van der Waals surface area contributed by atoms with Crippen LogP contribution in [-0.2, 0) is 4.79 Å². The molecule has 0 unspecified atom stereocenters. The number of amides is 2. The van der Waals surface area contributed by atoms with Crippen LogP contribution in [-0.4, -0.2) is 42.5 Å². The van der Waals surface area contributed by atoms with Crippen LogP contribution in [0, 0.1) is 0 Å². The van der Waals surface area contributed by atoms with Gasteiger partial charge in [0.15, 0.2) is 0 Å². The maximum atomic E-state index is 12.4. The molecule has 0 radical (unpaired) electrons. The standard InChI is InChI=1S/C22H25ClN2O3S/c23-18-7-2-3-8-19(18)28-15-5-10-21(26)25-13-11-16(12-14-25)24-22(27)17-6-1-4-9-20(17)29/h1-4,6-9,16,29H,5,10-15H2,(H,24,27). The normalized spacial score (nSPS) is 14.5. The van der Waals surface area contributed by atoms with E-state index in [1.54, 1.807) is 18.2 Å². The summed E-state index contributed by atoms with van der Waals surface area (Å²) in [7, 11) is 0. The fourth-order valence-corrected chi connectivity index (χ4v) is 3.78. The maximum Gasteiger partial charge on any atom is 0.252 e. The first-order valence-electron chi connectivity index (χ1n) is 9.78. The molecule has 7 heteroatoms. The van der Waals surface area contributed by atoms with Gasteiger partial charge in [0, 0.05) is 30.4 Å². The number of nitrogens with zero attached hydrogens (tertiary/aromatic N) is 1. The molecule has 0 aliphatic carbocycles. The molecule has 1 saturated heterocycles. The van der Waals surface area contributed by atoms with E-state index in [-0.39, 0.29) is 17.9 Å². The number of hydrogen-bond acceptors (Lipinski definition) is 4. The van der Waals surface area contributed by atoms with Crippen LogP contribution in [0.2, 0.25) is 5.02 Å². The number of halogens is 1. The molecular weight excluding hydrogens is 408 g/mol. The minimum Gasteiger partial charge on any atom is -0.492 e. The minimum atomic E-state index is -0.114. The van der Waals surface area contributed by atoms with Gasteiger partial charge >= 0.3 is 0 Å². The van der Waals surface area contributed by atoms with Crippen molar-refractivity contribution in [2.45, 2.75) is 36.6 Å². The second-order valence-electron chi connectivity index (χ2n) is 7.03. The van der Waals surface area contributed by atoms with Gasteiger partial charge in [0.1, 0.15) is 5.75 Å². The number of nitrogens with one attached hydrogen (secondary N) is 1. The molecule has 2 amide bonds. The van der Waals surface area contributed by atoms with Crippen LogP contribution < -0.4 is 10.1 Å². The second kappa shape index (κ2) is 10.6. The Morgan fingerprint density at radius 3 is 2.52 bits per heavy atom. The number of thiol groups is 1. The first kappa shape index (κ1) is 21.5. The van der Waals surface area contributed by atoms with Gasteiger partial charge in [-0.25, -0.2) is 0 Å². The predicted octanol–water partition coefficient (Wildman–Crippen LogP) is 4.21.